The third-order valence-corrected chi connectivity index (χ3v) is 8.33. The van der Waals surface area contributed by atoms with Crippen molar-refractivity contribution in [2.75, 3.05) is 0 Å². The van der Waals surface area contributed by atoms with Crippen LogP contribution in [0.1, 0.15) is 0 Å². The second-order valence-electron chi connectivity index (χ2n) is 9.81. The summed E-state index contributed by atoms with van der Waals surface area (Å²) >= 11 is 3.65. The molecule has 0 aliphatic heterocycles. The second kappa shape index (κ2) is 9.07. The third-order valence-electron chi connectivity index (χ3n) is 7.67. The van der Waals surface area contributed by atoms with Gasteiger partial charge in [0.1, 0.15) is 66.1 Å². The topological polar surface area (TPSA) is 18.1 Å². The molecule has 0 bridgehead atoms. The summed E-state index contributed by atoms with van der Waals surface area (Å²) in [6.07, 6.45) is 0. The molecule has 14 radical (unpaired) electrons. The van der Waals surface area contributed by atoms with Crippen LogP contribution in [0.25, 0.3) is 60.6 Å². The minimum atomic E-state index is 0.185. The first-order valence-electron chi connectivity index (χ1n) is 12.4. The number of benzene rings is 5. The van der Waals surface area contributed by atoms with E-state index in [9.17, 15) is 0 Å². The molecule has 170 valence electrons. The zero-order valence-electron chi connectivity index (χ0n) is 21.1. The number of para-hydroxylation sites is 1. The normalized spacial score (nSPS) is 11.8. The van der Waals surface area contributed by atoms with Crippen molar-refractivity contribution < 1.29 is 4.42 Å². The lowest BCUT2D eigenvalue weighted by Gasteiger charge is -2.19. The molecule has 2 nitrogen and oxygen atoms in total. The van der Waals surface area contributed by atoms with Crippen LogP contribution in [-0.2, 0) is 0 Å². The van der Waals surface area contributed by atoms with Crippen LogP contribution in [0, 0.1) is 0 Å². The largest absolute Gasteiger partial charge is 0.456 e. The zero-order chi connectivity index (χ0) is 28.0. The molecule has 10 heteroatoms. The van der Waals surface area contributed by atoms with Crippen LogP contribution in [0.5, 0.6) is 0 Å². The molecule has 2 heterocycles. The number of aromatic nitrogens is 1. The highest BCUT2D eigenvalue weighted by molar-refractivity contribution is 9.10. The quantitative estimate of drug-likeness (QED) is 0.286. The summed E-state index contributed by atoms with van der Waals surface area (Å²) in [4.78, 5) is 0. The smallest absolute Gasteiger partial charge is 0.136 e. The molecule has 0 aliphatic rings. The lowest BCUT2D eigenvalue weighted by molar-refractivity contribution is 0.669. The van der Waals surface area contributed by atoms with Gasteiger partial charge in [-0.3, -0.25) is 0 Å². The number of fused-ring (bicyclic) bond motifs is 6. The fourth-order valence-corrected chi connectivity index (χ4v) is 6.34. The van der Waals surface area contributed by atoms with E-state index in [2.05, 4.69) is 15.9 Å². The molecule has 0 fully saturated rings. The van der Waals surface area contributed by atoms with Crippen molar-refractivity contribution in [3.8, 4) is 16.8 Å². The van der Waals surface area contributed by atoms with Gasteiger partial charge in [0.15, 0.2) is 0 Å². The van der Waals surface area contributed by atoms with E-state index >= 15 is 0 Å². The van der Waals surface area contributed by atoms with Crippen molar-refractivity contribution in [3.63, 3.8) is 0 Å². The summed E-state index contributed by atoms with van der Waals surface area (Å²) in [7, 11) is 46.4. The summed E-state index contributed by atoms with van der Waals surface area (Å²) < 4.78 is 8.87. The van der Waals surface area contributed by atoms with Gasteiger partial charge in [-0.2, -0.15) is 0 Å². The average Bonchev–Trinajstić information content (AvgIpc) is 3.51. The first-order valence-corrected chi connectivity index (χ1v) is 13.2. The SMILES string of the molecule is [B]c1c([B])c([B])c2c(c1[B])c1c([B])c(-c3ccc4oc5cccc(Br)c5c4c3)c([B])c([B])c1n2-c1ccccc1. The minimum Gasteiger partial charge on any atom is -0.456 e. The van der Waals surface area contributed by atoms with Crippen LogP contribution in [0.4, 0.5) is 0 Å². The molecule has 7 aromatic rings. The maximum absolute atomic E-state index is 7.00. The van der Waals surface area contributed by atoms with E-state index in [0.717, 1.165) is 37.7 Å². The predicted molar refractivity (Wildman–Crippen MR) is 179 cm³/mol. The molecular weight excluding hydrogens is 546 g/mol. The molecule has 0 amide bonds. The molecule has 0 aliphatic carbocycles. The van der Waals surface area contributed by atoms with Crippen LogP contribution in [0.3, 0.4) is 0 Å². The Hall–Kier alpha value is -3.37. The minimum absolute atomic E-state index is 0.185. The number of furan rings is 1. The summed E-state index contributed by atoms with van der Waals surface area (Å²) in [6.45, 7) is 0. The van der Waals surface area contributed by atoms with Gasteiger partial charge < -0.3 is 8.98 Å². The number of hydrogen-bond donors (Lipinski definition) is 0. The molecular formula is C30H11B7BrNO. The highest BCUT2D eigenvalue weighted by Crippen LogP contribution is 2.36. The van der Waals surface area contributed by atoms with Gasteiger partial charge in [-0.15, -0.1) is 10.9 Å². The lowest BCUT2D eigenvalue weighted by atomic mass is 9.64. The summed E-state index contributed by atoms with van der Waals surface area (Å²) in [5, 5.41) is 3.01. The van der Waals surface area contributed by atoms with Gasteiger partial charge in [-0.1, -0.05) is 73.6 Å². The van der Waals surface area contributed by atoms with Crippen molar-refractivity contribution in [3.05, 3.63) is 71.2 Å². The molecule has 0 spiro atoms. The fraction of sp³-hybridized carbons (Fsp3) is 0. The Morgan fingerprint density at radius 3 is 1.93 bits per heavy atom. The molecule has 0 saturated heterocycles. The average molecular weight is 557 g/mol. The summed E-state index contributed by atoms with van der Waals surface area (Å²) in [5.74, 6) is 0. The molecule has 2 aromatic heterocycles. The maximum atomic E-state index is 7.00. The lowest BCUT2D eigenvalue weighted by Crippen LogP contribution is -2.48. The van der Waals surface area contributed by atoms with Gasteiger partial charge in [0.2, 0.25) is 0 Å². The Balaban J connectivity index is 1.67. The van der Waals surface area contributed by atoms with Crippen LogP contribution in [0.15, 0.2) is 75.6 Å². The van der Waals surface area contributed by atoms with Crippen molar-refractivity contribution >= 4 is 153 Å². The number of halogens is 1. The molecule has 40 heavy (non-hydrogen) atoms. The molecule has 0 N–H and O–H groups in total. The summed E-state index contributed by atoms with van der Waals surface area (Å²) in [6, 6.07) is 21.2. The van der Waals surface area contributed by atoms with Crippen molar-refractivity contribution in [1.82, 2.24) is 4.57 Å². The van der Waals surface area contributed by atoms with E-state index in [1.54, 1.807) is 0 Å². The molecule has 7 rings (SSSR count). The Labute approximate surface area is 248 Å². The Morgan fingerprint density at radius 2 is 1.20 bits per heavy atom. The predicted octanol–water partition coefficient (Wildman–Crippen LogP) is 0.669. The zero-order valence-corrected chi connectivity index (χ0v) is 22.7. The van der Waals surface area contributed by atoms with Crippen LogP contribution >= 0.6 is 15.9 Å². The van der Waals surface area contributed by atoms with Crippen LogP contribution in [-0.4, -0.2) is 59.5 Å². The van der Waals surface area contributed by atoms with Gasteiger partial charge in [0, 0.05) is 37.4 Å². The Morgan fingerprint density at radius 1 is 0.550 bits per heavy atom. The molecule has 0 atom stereocenters. The van der Waals surface area contributed by atoms with E-state index in [0.29, 0.717) is 43.8 Å². The summed E-state index contributed by atoms with van der Waals surface area (Å²) in [5.41, 5.74) is 6.72. The van der Waals surface area contributed by atoms with E-state index in [4.69, 9.17) is 59.3 Å². The first kappa shape index (κ1) is 25.6. The highest BCUT2D eigenvalue weighted by atomic mass is 79.9. The van der Waals surface area contributed by atoms with Gasteiger partial charge in [-0.05, 0) is 52.9 Å². The van der Waals surface area contributed by atoms with Gasteiger partial charge >= 0.3 is 0 Å². The highest BCUT2D eigenvalue weighted by Gasteiger charge is 2.24. The number of nitrogens with zero attached hydrogens (tertiary/aromatic N) is 1. The van der Waals surface area contributed by atoms with Crippen LogP contribution < -0.4 is 38.2 Å². The molecule has 5 aromatic carbocycles. The van der Waals surface area contributed by atoms with E-state index in [1.165, 1.54) is 0 Å². The van der Waals surface area contributed by atoms with Crippen LogP contribution in [0.2, 0.25) is 0 Å². The standard InChI is InChI=1S/C30H11B7BrNO/c31-22-18(12-9-10-16-14(11-12)19-15(38)7-4-8-17(19)40-16)23(32)27(36)29-20(22)21-24(33)25(34)26(35)28(37)30(21)39(29)13-5-2-1-3-6-13/h1-11H. The fourth-order valence-electron chi connectivity index (χ4n) is 5.78. The number of hydrogen-bond acceptors (Lipinski definition) is 1. The van der Waals surface area contributed by atoms with Gasteiger partial charge in [0.25, 0.3) is 0 Å². The molecule has 0 unspecified atom stereocenters. The van der Waals surface area contributed by atoms with Crippen molar-refractivity contribution in [2.45, 2.75) is 0 Å². The second-order valence-corrected chi connectivity index (χ2v) is 10.7. The monoisotopic (exact) mass is 557 g/mol. The van der Waals surface area contributed by atoms with Crippen molar-refractivity contribution in [2.24, 2.45) is 0 Å². The van der Waals surface area contributed by atoms with Gasteiger partial charge in [-0.25, -0.2) is 0 Å². The third kappa shape index (κ3) is 3.38. The van der Waals surface area contributed by atoms with E-state index in [1.807, 2.05) is 71.3 Å². The maximum Gasteiger partial charge on any atom is 0.136 e. The Kier molecular flexibility index (Phi) is 5.81. The Bertz CT molecular complexity index is 2200. The first-order chi connectivity index (χ1) is 19.2. The van der Waals surface area contributed by atoms with E-state index < -0.39 is 0 Å². The number of rotatable bonds is 2. The van der Waals surface area contributed by atoms with Crippen molar-refractivity contribution in [1.29, 1.82) is 0 Å². The van der Waals surface area contributed by atoms with E-state index in [-0.39, 0.29) is 21.9 Å². The molecule has 0 saturated carbocycles. The van der Waals surface area contributed by atoms with Gasteiger partial charge in [0.05, 0.1) is 0 Å².